The Labute approximate surface area is 115 Å². The Hall–Kier alpha value is -1.49. The predicted octanol–water partition coefficient (Wildman–Crippen LogP) is 2.90. The lowest BCUT2D eigenvalue weighted by molar-refractivity contribution is 0.414. The van der Waals surface area contributed by atoms with Crippen molar-refractivity contribution in [1.82, 2.24) is 0 Å². The van der Waals surface area contributed by atoms with Crippen molar-refractivity contribution in [2.24, 2.45) is 0 Å². The van der Waals surface area contributed by atoms with Crippen LogP contribution < -0.4 is 4.74 Å². The minimum absolute atomic E-state index is 0.811. The fraction of sp³-hybridized carbons (Fsp3) is 0.429. The van der Waals surface area contributed by atoms with Gasteiger partial charge in [-0.15, -0.1) is 0 Å². The molecule has 1 rings (SSSR count). The van der Waals surface area contributed by atoms with E-state index in [4.69, 9.17) is 4.74 Å². The highest BCUT2D eigenvalue weighted by Crippen LogP contribution is 2.13. The van der Waals surface area contributed by atoms with Gasteiger partial charge in [-0.2, -0.15) is 8.42 Å². The van der Waals surface area contributed by atoms with Gasteiger partial charge in [-0.05, 0) is 49.5 Å². The molecule has 19 heavy (non-hydrogen) atoms. The molecule has 0 N–H and O–H groups in total. The Morgan fingerprint density at radius 1 is 1.16 bits per heavy atom. The molecule has 0 saturated heterocycles. The molecule has 0 fully saturated rings. The summed E-state index contributed by atoms with van der Waals surface area (Å²) in [7, 11) is -1.71. The van der Waals surface area contributed by atoms with Crippen LogP contribution in [-0.2, 0) is 20.7 Å². The average Bonchev–Trinajstić information content (AvgIpc) is 2.37. The summed E-state index contributed by atoms with van der Waals surface area (Å²) in [6, 6.07) is 8.02. The molecule has 0 aliphatic heterocycles. The molecule has 0 unspecified atom stereocenters. The third-order valence-electron chi connectivity index (χ3n) is 2.57. The van der Waals surface area contributed by atoms with Crippen LogP contribution in [-0.4, -0.2) is 21.8 Å². The molecule has 0 aromatic heterocycles. The van der Waals surface area contributed by atoms with Gasteiger partial charge in [-0.3, -0.25) is 0 Å². The predicted molar refractivity (Wildman–Crippen MR) is 75.6 cm³/mol. The number of ether oxygens (including phenoxy) is 1. The number of methoxy groups -OCH3 is 1. The zero-order valence-corrected chi connectivity index (χ0v) is 12.2. The first kappa shape index (κ1) is 15.6. The molecule has 0 bridgehead atoms. The molecule has 0 spiro atoms. The third-order valence-corrected chi connectivity index (χ3v) is 3.03. The van der Waals surface area contributed by atoms with Crippen LogP contribution in [0.5, 0.6) is 5.75 Å². The van der Waals surface area contributed by atoms with E-state index in [9.17, 15) is 8.42 Å². The Balaban J connectivity index is 2.16. The molecule has 106 valence electrons. The molecule has 0 radical (unpaired) electrons. The van der Waals surface area contributed by atoms with Gasteiger partial charge in [0.1, 0.15) is 12.0 Å². The SMILES string of the molecule is COc1ccc(CCCCC=COS(C)(=O)=O)cc1. The summed E-state index contributed by atoms with van der Waals surface area (Å²) in [6.07, 6.45) is 7.86. The first-order chi connectivity index (χ1) is 9.01. The van der Waals surface area contributed by atoms with Crippen LogP contribution in [0.25, 0.3) is 0 Å². The van der Waals surface area contributed by atoms with Crippen molar-refractivity contribution in [3.63, 3.8) is 0 Å². The van der Waals surface area contributed by atoms with Crippen LogP contribution in [0.1, 0.15) is 24.8 Å². The van der Waals surface area contributed by atoms with Gasteiger partial charge in [0.2, 0.25) is 0 Å². The summed E-state index contributed by atoms with van der Waals surface area (Å²) < 4.78 is 30.9. The molecule has 0 amide bonds. The minimum Gasteiger partial charge on any atom is -0.497 e. The molecule has 4 nitrogen and oxygen atoms in total. The standard InChI is InChI=1S/C14H20O4S/c1-17-14-10-8-13(9-11-14)7-5-3-4-6-12-18-19(2,15)16/h6,8-12H,3-5,7H2,1-2H3. The second-order valence-corrected chi connectivity index (χ2v) is 5.87. The lowest BCUT2D eigenvalue weighted by Crippen LogP contribution is -1.95. The smallest absolute Gasteiger partial charge is 0.305 e. The Morgan fingerprint density at radius 3 is 2.42 bits per heavy atom. The zero-order valence-electron chi connectivity index (χ0n) is 11.3. The van der Waals surface area contributed by atoms with Crippen molar-refractivity contribution in [3.05, 3.63) is 42.2 Å². The van der Waals surface area contributed by atoms with E-state index in [1.165, 1.54) is 11.8 Å². The first-order valence-corrected chi connectivity index (χ1v) is 7.99. The Kier molecular flexibility index (Phi) is 6.42. The first-order valence-electron chi connectivity index (χ1n) is 6.17. The molecule has 0 atom stereocenters. The number of hydrogen-bond donors (Lipinski definition) is 0. The number of aryl methyl sites for hydroxylation is 1. The molecule has 1 aromatic carbocycles. The molecule has 1 aromatic rings. The van der Waals surface area contributed by atoms with Gasteiger partial charge in [0.05, 0.1) is 13.4 Å². The summed E-state index contributed by atoms with van der Waals surface area (Å²) in [5.41, 5.74) is 1.28. The fourth-order valence-electron chi connectivity index (χ4n) is 1.59. The maximum Gasteiger partial charge on any atom is 0.305 e. The van der Waals surface area contributed by atoms with E-state index in [1.54, 1.807) is 13.2 Å². The van der Waals surface area contributed by atoms with Crippen LogP contribution in [0.4, 0.5) is 0 Å². The monoisotopic (exact) mass is 284 g/mol. The summed E-state index contributed by atoms with van der Waals surface area (Å²) >= 11 is 0. The highest BCUT2D eigenvalue weighted by molar-refractivity contribution is 7.86. The highest BCUT2D eigenvalue weighted by Gasteiger charge is 1.96. The van der Waals surface area contributed by atoms with Crippen LogP contribution in [0.15, 0.2) is 36.6 Å². The lowest BCUT2D eigenvalue weighted by atomic mass is 10.1. The van der Waals surface area contributed by atoms with E-state index >= 15 is 0 Å². The highest BCUT2D eigenvalue weighted by atomic mass is 32.2. The van der Waals surface area contributed by atoms with Crippen LogP contribution >= 0.6 is 0 Å². The largest absolute Gasteiger partial charge is 0.497 e. The van der Waals surface area contributed by atoms with Crippen LogP contribution in [0.3, 0.4) is 0 Å². The molecular weight excluding hydrogens is 264 g/mol. The quantitative estimate of drug-likeness (QED) is 0.418. The summed E-state index contributed by atoms with van der Waals surface area (Å²) in [4.78, 5) is 0. The van der Waals surface area contributed by atoms with Gasteiger partial charge in [0.15, 0.2) is 0 Å². The number of unbranched alkanes of at least 4 members (excludes halogenated alkanes) is 2. The van der Waals surface area contributed by atoms with Crippen LogP contribution in [0.2, 0.25) is 0 Å². The van der Waals surface area contributed by atoms with Crippen molar-refractivity contribution < 1.29 is 17.3 Å². The van der Waals surface area contributed by atoms with Gasteiger partial charge in [0.25, 0.3) is 0 Å². The van der Waals surface area contributed by atoms with Gasteiger partial charge in [-0.25, -0.2) is 0 Å². The van der Waals surface area contributed by atoms with Crippen LogP contribution in [0, 0.1) is 0 Å². The van der Waals surface area contributed by atoms with Crippen molar-refractivity contribution in [1.29, 1.82) is 0 Å². The van der Waals surface area contributed by atoms with Gasteiger partial charge >= 0.3 is 10.1 Å². The third kappa shape index (κ3) is 7.51. The van der Waals surface area contributed by atoms with E-state index in [0.717, 1.165) is 37.7 Å². The lowest BCUT2D eigenvalue weighted by Gasteiger charge is -2.02. The molecule has 5 heteroatoms. The zero-order chi connectivity index (χ0) is 14.1. The maximum atomic E-state index is 10.7. The average molecular weight is 284 g/mol. The summed E-state index contributed by atoms with van der Waals surface area (Å²) in [5, 5.41) is 0. The van der Waals surface area contributed by atoms with E-state index in [-0.39, 0.29) is 0 Å². The van der Waals surface area contributed by atoms with Crippen molar-refractivity contribution in [2.45, 2.75) is 25.7 Å². The Morgan fingerprint density at radius 2 is 1.84 bits per heavy atom. The normalized spacial score (nSPS) is 11.7. The number of hydrogen-bond acceptors (Lipinski definition) is 4. The Bertz CT molecular complexity index is 489. The molecule has 0 aliphatic carbocycles. The molecule has 0 heterocycles. The molecular formula is C14H20O4S. The summed E-state index contributed by atoms with van der Waals surface area (Å²) in [6.45, 7) is 0. The number of rotatable bonds is 8. The van der Waals surface area contributed by atoms with E-state index < -0.39 is 10.1 Å². The minimum atomic E-state index is -3.37. The van der Waals surface area contributed by atoms with Gasteiger partial charge < -0.3 is 8.92 Å². The molecule has 0 aliphatic rings. The number of allylic oxidation sites excluding steroid dienone is 1. The summed E-state index contributed by atoms with van der Waals surface area (Å²) in [5.74, 6) is 0.865. The fourth-order valence-corrected chi connectivity index (χ4v) is 1.87. The van der Waals surface area contributed by atoms with Gasteiger partial charge in [-0.1, -0.05) is 12.1 Å². The van der Waals surface area contributed by atoms with Gasteiger partial charge in [0, 0.05) is 0 Å². The maximum absolute atomic E-state index is 10.7. The van der Waals surface area contributed by atoms with Crippen molar-refractivity contribution >= 4 is 10.1 Å². The second-order valence-electron chi connectivity index (χ2n) is 4.27. The second kappa shape index (κ2) is 7.84. The van der Waals surface area contributed by atoms with E-state index in [2.05, 4.69) is 16.3 Å². The van der Waals surface area contributed by atoms with Crippen molar-refractivity contribution in [2.75, 3.05) is 13.4 Å². The van der Waals surface area contributed by atoms with E-state index in [1.807, 2.05) is 12.1 Å². The molecule has 0 saturated carbocycles. The topological polar surface area (TPSA) is 52.6 Å². The van der Waals surface area contributed by atoms with Crippen molar-refractivity contribution in [3.8, 4) is 5.75 Å². The number of benzene rings is 1. The van der Waals surface area contributed by atoms with E-state index in [0.29, 0.717) is 0 Å².